The van der Waals surface area contributed by atoms with E-state index >= 15 is 0 Å². The van der Waals surface area contributed by atoms with Crippen LogP contribution in [-0.4, -0.2) is 22.4 Å². The van der Waals surface area contributed by atoms with Crippen molar-refractivity contribution in [3.63, 3.8) is 0 Å². The lowest BCUT2D eigenvalue weighted by Crippen LogP contribution is -2.19. The minimum Gasteiger partial charge on any atom is -0.489 e. The van der Waals surface area contributed by atoms with Crippen LogP contribution in [0.3, 0.4) is 0 Å². The van der Waals surface area contributed by atoms with Gasteiger partial charge in [-0.05, 0) is 86.1 Å². The maximum absolute atomic E-state index is 12.1. The molecule has 0 saturated heterocycles. The Morgan fingerprint density at radius 2 is 1.61 bits per heavy atom. The quantitative estimate of drug-likeness (QED) is 0.139. The number of hydrogen-bond acceptors (Lipinski definition) is 4. The molecule has 0 unspecified atom stereocenters. The second kappa shape index (κ2) is 12.2. The first-order valence-corrected chi connectivity index (χ1v) is 13.0. The van der Waals surface area contributed by atoms with Crippen LogP contribution in [0.25, 0.3) is 5.69 Å². The number of rotatable bonds is 9. The minimum atomic E-state index is -0.172. The average molecular weight is 539 g/mol. The van der Waals surface area contributed by atoms with Crippen molar-refractivity contribution in [2.24, 2.45) is 5.10 Å². The molecular formula is C28H25Cl2N3O2S. The Morgan fingerprint density at radius 1 is 0.972 bits per heavy atom. The van der Waals surface area contributed by atoms with E-state index in [0.717, 1.165) is 38.8 Å². The second-order valence-electron chi connectivity index (χ2n) is 8.11. The molecule has 4 rings (SSSR count). The highest BCUT2D eigenvalue weighted by Gasteiger charge is 2.10. The number of nitrogens with one attached hydrogen (secondary N) is 1. The fourth-order valence-electron chi connectivity index (χ4n) is 3.64. The molecular weight excluding hydrogens is 513 g/mol. The number of halogens is 2. The van der Waals surface area contributed by atoms with Gasteiger partial charge in [-0.1, -0.05) is 35.3 Å². The molecule has 0 radical (unpaired) electrons. The number of carbonyl (C=O) groups excluding carboxylic acids is 1. The Morgan fingerprint density at radius 3 is 2.28 bits per heavy atom. The number of nitrogens with zero attached hydrogens (tertiary/aromatic N) is 2. The number of carbonyl (C=O) groups is 1. The summed E-state index contributed by atoms with van der Waals surface area (Å²) in [6, 6.07) is 25.0. The van der Waals surface area contributed by atoms with E-state index in [1.54, 1.807) is 18.3 Å². The lowest BCUT2D eigenvalue weighted by Gasteiger charge is -2.11. The predicted octanol–water partition coefficient (Wildman–Crippen LogP) is 7.22. The molecule has 0 aliphatic rings. The van der Waals surface area contributed by atoms with Crippen LogP contribution in [0.15, 0.2) is 88.9 Å². The summed E-state index contributed by atoms with van der Waals surface area (Å²) in [5.41, 5.74) is 7.69. The molecule has 0 bridgehead atoms. The van der Waals surface area contributed by atoms with Crippen molar-refractivity contribution in [1.82, 2.24) is 9.99 Å². The van der Waals surface area contributed by atoms with Gasteiger partial charge in [-0.3, -0.25) is 4.79 Å². The van der Waals surface area contributed by atoms with Crippen molar-refractivity contribution in [3.8, 4) is 11.4 Å². The van der Waals surface area contributed by atoms with Gasteiger partial charge in [-0.15, -0.1) is 11.8 Å². The van der Waals surface area contributed by atoms with Crippen LogP contribution in [0.4, 0.5) is 0 Å². The summed E-state index contributed by atoms with van der Waals surface area (Å²) in [6.45, 7) is 4.54. The monoisotopic (exact) mass is 537 g/mol. The molecule has 0 fully saturated rings. The number of hydrazone groups is 1. The average Bonchev–Trinajstić information content (AvgIpc) is 3.16. The normalized spacial score (nSPS) is 11.1. The zero-order valence-corrected chi connectivity index (χ0v) is 22.2. The molecule has 1 aromatic heterocycles. The highest BCUT2D eigenvalue weighted by atomic mass is 35.5. The largest absolute Gasteiger partial charge is 0.489 e. The van der Waals surface area contributed by atoms with Gasteiger partial charge in [0, 0.05) is 37.6 Å². The molecule has 0 atom stereocenters. The van der Waals surface area contributed by atoms with Crippen molar-refractivity contribution in [2.75, 3.05) is 5.75 Å². The van der Waals surface area contributed by atoms with E-state index < -0.39 is 0 Å². The van der Waals surface area contributed by atoms with Gasteiger partial charge >= 0.3 is 0 Å². The molecule has 4 aromatic rings. The van der Waals surface area contributed by atoms with Gasteiger partial charge in [-0.2, -0.15) is 5.10 Å². The van der Waals surface area contributed by atoms with E-state index in [4.69, 9.17) is 27.9 Å². The van der Waals surface area contributed by atoms with Crippen LogP contribution < -0.4 is 10.2 Å². The number of benzene rings is 3. The first kappa shape index (κ1) is 25.9. The van der Waals surface area contributed by atoms with Crippen LogP contribution in [0.2, 0.25) is 10.0 Å². The Bertz CT molecular complexity index is 1350. The van der Waals surface area contributed by atoms with Gasteiger partial charge in [-0.25, -0.2) is 5.43 Å². The van der Waals surface area contributed by atoms with Gasteiger partial charge in [0.05, 0.1) is 12.0 Å². The van der Waals surface area contributed by atoms with E-state index in [-0.39, 0.29) is 11.7 Å². The summed E-state index contributed by atoms with van der Waals surface area (Å²) < 4.78 is 8.04. The number of ether oxygens (including phenoxy) is 1. The number of thioether (sulfide) groups is 1. The van der Waals surface area contributed by atoms with Crippen LogP contribution in [-0.2, 0) is 11.4 Å². The molecule has 3 aromatic carbocycles. The fraction of sp³-hybridized carbons (Fsp3) is 0.143. The van der Waals surface area contributed by atoms with E-state index in [9.17, 15) is 4.79 Å². The minimum absolute atomic E-state index is 0.172. The van der Waals surface area contributed by atoms with Gasteiger partial charge in [0.2, 0.25) is 5.91 Å². The SMILES string of the molecule is Cc1cc(/C=N\NC(=O)CSc2ccc(Cl)cc2)c(C)n1-c1ccc(OCc2ccc(Cl)cc2)cc1. The molecule has 0 aliphatic carbocycles. The predicted molar refractivity (Wildman–Crippen MR) is 149 cm³/mol. The molecule has 1 heterocycles. The molecule has 0 saturated carbocycles. The van der Waals surface area contributed by atoms with Crippen molar-refractivity contribution in [2.45, 2.75) is 25.3 Å². The van der Waals surface area contributed by atoms with E-state index in [1.807, 2.05) is 80.6 Å². The Labute approximate surface area is 225 Å². The van der Waals surface area contributed by atoms with Crippen LogP contribution in [0.1, 0.15) is 22.5 Å². The number of amides is 1. The van der Waals surface area contributed by atoms with Gasteiger partial charge in [0.1, 0.15) is 12.4 Å². The Balaban J connectivity index is 1.34. The van der Waals surface area contributed by atoms with Gasteiger partial charge < -0.3 is 9.30 Å². The molecule has 184 valence electrons. The van der Waals surface area contributed by atoms with Crippen molar-refractivity contribution in [1.29, 1.82) is 0 Å². The molecule has 1 N–H and O–H groups in total. The summed E-state index contributed by atoms with van der Waals surface area (Å²) in [4.78, 5) is 13.1. The van der Waals surface area contributed by atoms with E-state index in [0.29, 0.717) is 16.7 Å². The number of aryl methyl sites for hydroxylation is 1. The molecule has 36 heavy (non-hydrogen) atoms. The topological polar surface area (TPSA) is 55.6 Å². The molecule has 8 heteroatoms. The summed E-state index contributed by atoms with van der Waals surface area (Å²) in [7, 11) is 0. The highest BCUT2D eigenvalue weighted by molar-refractivity contribution is 8.00. The lowest BCUT2D eigenvalue weighted by molar-refractivity contribution is -0.118. The molecule has 5 nitrogen and oxygen atoms in total. The second-order valence-corrected chi connectivity index (χ2v) is 10.0. The fourth-order valence-corrected chi connectivity index (χ4v) is 4.58. The maximum Gasteiger partial charge on any atom is 0.250 e. The summed E-state index contributed by atoms with van der Waals surface area (Å²) >= 11 is 13.3. The third kappa shape index (κ3) is 6.94. The standard InChI is InChI=1S/C28H25Cl2N3O2S/c1-19-15-22(16-31-32-28(34)18-36-27-13-7-24(30)8-14-27)20(2)33(19)25-9-11-26(12-10-25)35-17-21-3-5-23(29)6-4-21/h3-16H,17-18H2,1-2H3,(H,32,34)/b31-16-. The molecule has 0 spiro atoms. The zero-order chi connectivity index (χ0) is 25.5. The maximum atomic E-state index is 12.1. The van der Waals surface area contributed by atoms with Gasteiger partial charge in [0.15, 0.2) is 0 Å². The van der Waals surface area contributed by atoms with E-state index in [1.165, 1.54) is 11.8 Å². The van der Waals surface area contributed by atoms with Crippen molar-refractivity contribution in [3.05, 3.63) is 111 Å². The highest BCUT2D eigenvalue weighted by Crippen LogP contribution is 2.23. The summed E-state index contributed by atoms with van der Waals surface area (Å²) in [5.74, 6) is 0.885. The van der Waals surface area contributed by atoms with Crippen LogP contribution in [0.5, 0.6) is 5.75 Å². The Hall–Kier alpha value is -3.19. The smallest absolute Gasteiger partial charge is 0.250 e. The Kier molecular flexibility index (Phi) is 8.75. The van der Waals surface area contributed by atoms with Crippen molar-refractivity contribution < 1.29 is 9.53 Å². The summed E-state index contributed by atoms with van der Waals surface area (Å²) in [6.07, 6.45) is 1.67. The van der Waals surface area contributed by atoms with Crippen LogP contribution in [0, 0.1) is 13.8 Å². The van der Waals surface area contributed by atoms with Crippen LogP contribution >= 0.6 is 35.0 Å². The molecule has 1 amide bonds. The summed E-state index contributed by atoms with van der Waals surface area (Å²) in [5, 5.41) is 5.53. The number of aromatic nitrogens is 1. The third-order valence-corrected chi connectivity index (χ3v) is 6.98. The third-order valence-electron chi connectivity index (χ3n) is 5.46. The number of hydrogen-bond donors (Lipinski definition) is 1. The first-order valence-electron chi connectivity index (χ1n) is 11.3. The van der Waals surface area contributed by atoms with Crippen molar-refractivity contribution >= 4 is 47.1 Å². The van der Waals surface area contributed by atoms with Gasteiger partial charge in [0.25, 0.3) is 0 Å². The van der Waals surface area contributed by atoms with E-state index in [2.05, 4.69) is 15.1 Å². The first-order chi connectivity index (χ1) is 17.4. The zero-order valence-electron chi connectivity index (χ0n) is 19.9. The molecule has 0 aliphatic heterocycles. The lowest BCUT2D eigenvalue weighted by atomic mass is 10.2.